The van der Waals surface area contributed by atoms with Crippen LogP contribution >= 0.6 is 0 Å². The zero-order valence-electron chi connectivity index (χ0n) is 17.3. The molecule has 1 fully saturated rings. The van der Waals surface area contributed by atoms with E-state index >= 15 is 0 Å². The number of hydrogen-bond donors (Lipinski definition) is 2. The fourth-order valence-corrected chi connectivity index (χ4v) is 4.02. The average Bonchev–Trinajstić information content (AvgIpc) is 3.17. The largest absolute Gasteiger partial charge is 0.469 e. The maximum Gasteiger partial charge on any atom is 0.311 e. The van der Waals surface area contributed by atoms with Gasteiger partial charge in [-0.05, 0) is 38.7 Å². The van der Waals surface area contributed by atoms with Crippen molar-refractivity contribution in [1.82, 2.24) is 15.2 Å². The van der Waals surface area contributed by atoms with E-state index in [1.54, 1.807) is 11.1 Å². The molecular weight excluding hydrogens is 370 g/mol. The van der Waals surface area contributed by atoms with Gasteiger partial charge in [-0.15, -0.1) is 0 Å². The first-order valence-electron chi connectivity index (χ1n) is 10.0. The highest BCUT2D eigenvalue weighted by Gasteiger charge is 2.40. The Kier molecular flexibility index (Phi) is 6.25. The van der Waals surface area contributed by atoms with Crippen LogP contribution in [0.3, 0.4) is 0 Å². The molecule has 29 heavy (non-hydrogen) atoms. The highest BCUT2D eigenvalue weighted by Crippen LogP contribution is 2.35. The van der Waals surface area contributed by atoms with E-state index in [9.17, 15) is 14.4 Å². The maximum atomic E-state index is 12.6. The van der Waals surface area contributed by atoms with Crippen LogP contribution in [0.15, 0.2) is 30.5 Å². The summed E-state index contributed by atoms with van der Waals surface area (Å²) in [5.74, 6) is -0.385. The summed E-state index contributed by atoms with van der Waals surface area (Å²) < 4.78 is 4.93. The van der Waals surface area contributed by atoms with Gasteiger partial charge in [-0.3, -0.25) is 14.4 Å². The molecule has 1 aromatic carbocycles. The molecule has 1 atom stereocenters. The zero-order valence-corrected chi connectivity index (χ0v) is 17.3. The summed E-state index contributed by atoms with van der Waals surface area (Å²) in [6.07, 6.45) is 3.67. The number of hydrogen-bond acceptors (Lipinski definition) is 4. The Balaban J connectivity index is 1.52. The molecule has 0 aliphatic carbocycles. The molecule has 0 saturated carbocycles. The van der Waals surface area contributed by atoms with Crippen LogP contribution in [-0.2, 0) is 14.3 Å². The number of likely N-dealkylation sites (tertiary alicyclic amines) is 1. The smallest absolute Gasteiger partial charge is 0.311 e. The first-order valence-corrected chi connectivity index (χ1v) is 10.0. The predicted molar refractivity (Wildman–Crippen MR) is 110 cm³/mol. The van der Waals surface area contributed by atoms with Crippen molar-refractivity contribution in [3.05, 3.63) is 36.0 Å². The van der Waals surface area contributed by atoms with E-state index in [1.807, 2.05) is 38.1 Å². The minimum atomic E-state index is -0.628. The summed E-state index contributed by atoms with van der Waals surface area (Å²) in [7, 11) is 1.40. The molecule has 1 saturated heterocycles. The Hall–Kier alpha value is -2.83. The number of amides is 2. The molecule has 2 N–H and O–H groups in total. The molecule has 1 aliphatic heterocycles. The van der Waals surface area contributed by atoms with Gasteiger partial charge in [0.1, 0.15) is 0 Å². The van der Waals surface area contributed by atoms with Crippen LogP contribution in [0.25, 0.3) is 10.9 Å². The summed E-state index contributed by atoms with van der Waals surface area (Å²) >= 11 is 0. The average molecular weight is 399 g/mol. The summed E-state index contributed by atoms with van der Waals surface area (Å²) in [5.41, 5.74) is 0.851. The van der Waals surface area contributed by atoms with Crippen LogP contribution in [0.2, 0.25) is 0 Å². The van der Waals surface area contributed by atoms with Crippen molar-refractivity contribution < 1.29 is 19.1 Å². The van der Waals surface area contributed by atoms with Crippen LogP contribution in [-0.4, -0.2) is 54.4 Å². The minimum absolute atomic E-state index is 0.00501. The van der Waals surface area contributed by atoms with Gasteiger partial charge in [-0.1, -0.05) is 18.2 Å². The molecule has 1 unspecified atom stereocenters. The topological polar surface area (TPSA) is 91.5 Å². The lowest BCUT2D eigenvalue weighted by Crippen LogP contribution is -2.47. The van der Waals surface area contributed by atoms with Crippen molar-refractivity contribution in [3.8, 4) is 0 Å². The van der Waals surface area contributed by atoms with Crippen molar-refractivity contribution in [2.75, 3.05) is 26.7 Å². The third-order valence-corrected chi connectivity index (χ3v) is 5.96. The molecule has 1 aromatic heterocycles. The Bertz CT molecular complexity index is 902. The highest BCUT2D eigenvalue weighted by molar-refractivity contribution is 6.06. The molecule has 2 heterocycles. The van der Waals surface area contributed by atoms with Gasteiger partial charge < -0.3 is 19.9 Å². The second-order valence-electron chi connectivity index (χ2n) is 8.15. The Labute approximate surface area is 170 Å². The third-order valence-electron chi connectivity index (χ3n) is 5.96. The molecule has 0 spiro atoms. The van der Waals surface area contributed by atoms with Crippen molar-refractivity contribution in [3.63, 3.8) is 0 Å². The van der Waals surface area contributed by atoms with E-state index in [1.165, 1.54) is 7.11 Å². The molecule has 7 nitrogen and oxygen atoms in total. The van der Waals surface area contributed by atoms with Gasteiger partial charge >= 0.3 is 5.97 Å². The second-order valence-corrected chi connectivity index (χ2v) is 8.15. The number of carbonyl (C=O) groups is 3. The Morgan fingerprint density at radius 3 is 2.79 bits per heavy atom. The number of benzene rings is 1. The van der Waals surface area contributed by atoms with Gasteiger partial charge in [0.15, 0.2) is 0 Å². The van der Waals surface area contributed by atoms with Gasteiger partial charge in [0.2, 0.25) is 5.91 Å². The zero-order chi connectivity index (χ0) is 21.0. The lowest BCUT2D eigenvalue weighted by atomic mass is 9.74. The third kappa shape index (κ3) is 4.44. The molecule has 7 heteroatoms. The fraction of sp³-hybridized carbons (Fsp3) is 0.500. The van der Waals surface area contributed by atoms with Crippen LogP contribution in [0, 0.1) is 11.3 Å². The van der Waals surface area contributed by atoms with Gasteiger partial charge in [-0.2, -0.15) is 0 Å². The van der Waals surface area contributed by atoms with E-state index in [2.05, 4.69) is 10.3 Å². The van der Waals surface area contributed by atoms with Crippen LogP contribution < -0.4 is 5.32 Å². The number of nitrogens with one attached hydrogen (secondary N) is 2. The molecule has 156 valence electrons. The summed E-state index contributed by atoms with van der Waals surface area (Å²) in [6, 6.07) is 7.60. The van der Waals surface area contributed by atoms with Crippen LogP contribution in [0.1, 0.15) is 43.5 Å². The number of methoxy groups -OCH3 is 1. The lowest BCUT2D eigenvalue weighted by molar-refractivity contribution is -0.156. The normalized spacial score (nSPS) is 17.2. The van der Waals surface area contributed by atoms with E-state index in [0.29, 0.717) is 18.7 Å². The Morgan fingerprint density at radius 1 is 1.28 bits per heavy atom. The number of para-hydroxylation sites is 1. The van der Waals surface area contributed by atoms with Gasteiger partial charge in [0, 0.05) is 43.2 Å². The first-order chi connectivity index (χ1) is 13.8. The SMILES string of the molecule is COC(=O)C(C)(C)C1CCCN(C(=O)CCNC(=O)c2c[nH]c3ccccc23)C1. The molecule has 2 aromatic rings. The summed E-state index contributed by atoms with van der Waals surface area (Å²) in [4.78, 5) is 42.1. The van der Waals surface area contributed by atoms with Gasteiger partial charge in [-0.25, -0.2) is 0 Å². The summed E-state index contributed by atoms with van der Waals surface area (Å²) in [6.45, 7) is 5.25. The number of aromatic nitrogens is 1. The highest BCUT2D eigenvalue weighted by atomic mass is 16.5. The monoisotopic (exact) mass is 399 g/mol. The number of esters is 1. The number of ether oxygens (including phenoxy) is 1. The lowest BCUT2D eigenvalue weighted by Gasteiger charge is -2.39. The second kappa shape index (κ2) is 8.68. The van der Waals surface area contributed by atoms with E-state index in [-0.39, 0.29) is 36.7 Å². The van der Waals surface area contributed by atoms with E-state index < -0.39 is 5.41 Å². The van der Waals surface area contributed by atoms with Crippen molar-refractivity contribution >= 4 is 28.7 Å². The number of nitrogens with zero attached hydrogens (tertiary/aromatic N) is 1. The summed E-state index contributed by atoms with van der Waals surface area (Å²) in [5, 5.41) is 3.70. The van der Waals surface area contributed by atoms with Gasteiger partial charge in [0.05, 0.1) is 18.1 Å². The van der Waals surface area contributed by atoms with Crippen LogP contribution in [0.5, 0.6) is 0 Å². The van der Waals surface area contributed by atoms with Gasteiger partial charge in [0.25, 0.3) is 5.91 Å². The standard InChI is InChI=1S/C22H29N3O4/c1-22(2,21(28)29-3)15-7-6-12-25(14-15)19(26)10-11-23-20(27)17-13-24-18-9-5-4-8-16(17)18/h4-5,8-9,13,15,24H,6-7,10-12,14H2,1-3H3,(H,23,27). The first kappa shape index (κ1) is 20.9. The number of piperidine rings is 1. The van der Waals surface area contributed by atoms with Crippen molar-refractivity contribution in [2.24, 2.45) is 11.3 Å². The molecule has 2 amide bonds. The van der Waals surface area contributed by atoms with Crippen LogP contribution in [0.4, 0.5) is 0 Å². The fourth-order valence-electron chi connectivity index (χ4n) is 4.02. The maximum absolute atomic E-state index is 12.6. The molecule has 3 rings (SSSR count). The van der Waals surface area contributed by atoms with E-state index in [0.717, 1.165) is 23.7 Å². The molecule has 1 aliphatic rings. The number of aromatic amines is 1. The Morgan fingerprint density at radius 2 is 2.03 bits per heavy atom. The van der Waals surface area contributed by atoms with Crippen molar-refractivity contribution in [2.45, 2.75) is 33.1 Å². The van der Waals surface area contributed by atoms with Crippen molar-refractivity contribution in [1.29, 1.82) is 0 Å². The van der Waals surface area contributed by atoms with E-state index in [4.69, 9.17) is 4.74 Å². The number of fused-ring (bicyclic) bond motifs is 1. The molecule has 0 bridgehead atoms. The number of carbonyl (C=O) groups excluding carboxylic acids is 3. The number of rotatable bonds is 6. The molecule has 0 radical (unpaired) electrons. The quantitative estimate of drug-likeness (QED) is 0.731. The number of H-pyrrole nitrogens is 1. The predicted octanol–water partition coefficient (Wildman–Crippen LogP) is 2.73. The minimum Gasteiger partial charge on any atom is -0.469 e. The molecular formula is C22H29N3O4.